The molecular weight excluding hydrogens is 176 g/mol. The second kappa shape index (κ2) is 5.75. The minimum absolute atomic E-state index is 0.727. The maximum absolute atomic E-state index is 4.17. The zero-order chi connectivity index (χ0) is 10.4. The summed E-state index contributed by atoms with van der Waals surface area (Å²) >= 11 is 0. The largest absolute Gasteiger partial charge is 0.316 e. The molecule has 0 saturated heterocycles. The van der Waals surface area contributed by atoms with Crippen molar-refractivity contribution in [2.24, 2.45) is 13.0 Å². The van der Waals surface area contributed by atoms with Crippen molar-refractivity contribution < 1.29 is 0 Å². The van der Waals surface area contributed by atoms with Crippen LogP contribution in [0.25, 0.3) is 0 Å². The van der Waals surface area contributed by atoms with Crippen molar-refractivity contribution in [1.29, 1.82) is 0 Å². The Hall–Kier alpha value is -0.900. The molecule has 1 N–H and O–H groups in total. The standard InChI is InChI=1S/C10H20N4/c1-9(2)7-11-6-4-5-10-12-8-13-14(10)3/h8-9,11H,4-7H2,1-3H3. The third-order valence-electron chi connectivity index (χ3n) is 2.11. The van der Waals surface area contributed by atoms with Gasteiger partial charge in [-0.1, -0.05) is 13.8 Å². The fourth-order valence-electron chi connectivity index (χ4n) is 1.31. The molecule has 0 aliphatic rings. The monoisotopic (exact) mass is 196 g/mol. The van der Waals surface area contributed by atoms with E-state index in [0.29, 0.717) is 0 Å². The van der Waals surface area contributed by atoms with E-state index in [1.807, 2.05) is 11.7 Å². The van der Waals surface area contributed by atoms with E-state index in [9.17, 15) is 0 Å². The van der Waals surface area contributed by atoms with E-state index in [4.69, 9.17) is 0 Å². The molecule has 1 aromatic rings. The van der Waals surface area contributed by atoms with Crippen LogP contribution in [0.2, 0.25) is 0 Å². The van der Waals surface area contributed by atoms with Crippen LogP contribution in [-0.4, -0.2) is 27.9 Å². The Labute approximate surface area is 85.7 Å². The third-order valence-corrected chi connectivity index (χ3v) is 2.11. The topological polar surface area (TPSA) is 42.7 Å². The molecule has 0 spiro atoms. The molecule has 4 heteroatoms. The van der Waals surface area contributed by atoms with E-state index in [-0.39, 0.29) is 0 Å². The van der Waals surface area contributed by atoms with Gasteiger partial charge < -0.3 is 5.32 Å². The molecule has 0 fully saturated rings. The summed E-state index contributed by atoms with van der Waals surface area (Å²) in [6.07, 6.45) is 3.73. The highest BCUT2D eigenvalue weighted by Crippen LogP contribution is 1.95. The Morgan fingerprint density at radius 1 is 1.50 bits per heavy atom. The van der Waals surface area contributed by atoms with Gasteiger partial charge in [-0.3, -0.25) is 4.68 Å². The zero-order valence-electron chi connectivity index (χ0n) is 9.32. The van der Waals surface area contributed by atoms with Gasteiger partial charge >= 0.3 is 0 Å². The Bertz CT molecular complexity index is 254. The first-order valence-electron chi connectivity index (χ1n) is 5.23. The summed E-state index contributed by atoms with van der Waals surface area (Å²) in [5.74, 6) is 1.79. The average molecular weight is 196 g/mol. The molecule has 0 amide bonds. The van der Waals surface area contributed by atoms with Gasteiger partial charge in [-0.2, -0.15) is 5.10 Å². The molecule has 0 saturated carbocycles. The van der Waals surface area contributed by atoms with E-state index >= 15 is 0 Å². The fraction of sp³-hybridized carbons (Fsp3) is 0.800. The number of aromatic nitrogens is 3. The second-order valence-corrected chi connectivity index (χ2v) is 4.00. The quantitative estimate of drug-likeness (QED) is 0.690. The maximum Gasteiger partial charge on any atom is 0.138 e. The van der Waals surface area contributed by atoms with Crippen molar-refractivity contribution in [3.63, 3.8) is 0 Å². The SMILES string of the molecule is CC(C)CNCCCc1ncnn1C. The van der Waals surface area contributed by atoms with Gasteiger partial charge in [-0.05, 0) is 25.4 Å². The predicted molar refractivity (Wildman–Crippen MR) is 57.0 cm³/mol. The van der Waals surface area contributed by atoms with Gasteiger partial charge in [0, 0.05) is 13.5 Å². The lowest BCUT2D eigenvalue weighted by Gasteiger charge is -2.06. The average Bonchev–Trinajstić information content (AvgIpc) is 2.51. The van der Waals surface area contributed by atoms with E-state index in [0.717, 1.165) is 37.7 Å². The minimum Gasteiger partial charge on any atom is -0.316 e. The first kappa shape index (κ1) is 11.2. The molecule has 0 bridgehead atoms. The molecule has 0 atom stereocenters. The Morgan fingerprint density at radius 3 is 2.86 bits per heavy atom. The lowest BCUT2D eigenvalue weighted by atomic mass is 10.2. The fourth-order valence-corrected chi connectivity index (χ4v) is 1.31. The Morgan fingerprint density at radius 2 is 2.29 bits per heavy atom. The van der Waals surface area contributed by atoms with Crippen molar-refractivity contribution in [1.82, 2.24) is 20.1 Å². The first-order chi connectivity index (χ1) is 6.70. The highest BCUT2D eigenvalue weighted by atomic mass is 15.3. The number of nitrogens with one attached hydrogen (secondary N) is 1. The lowest BCUT2D eigenvalue weighted by Crippen LogP contribution is -2.21. The van der Waals surface area contributed by atoms with Gasteiger partial charge in [-0.15, -0.1) is 0 Å². The summed E-state index contributed by atoms with van der Waals surface area (Å²) in [5, 5.41) is 7.44. The van der Waals surface area contributed by atoms with Crippen molar-refractivity contribution in [2.75, 3.05) is 13.1 Å². The van der Waals surface area contributed by atoms with Crippen LogP contribution in [0.15, 0.2) is 6.33 Å². The van der Waals surface area contributed by atoms with Gasteiger partial charge in [-0.25, -0.2) is 4.98 Å². The molecule has 0 aromatic carbocycles. The molecule has 1 rings (SSSR count). The lowest BCUT2D eigenvalue weighted by molar-refractivity contribution is 0.537. The second-order valence-electron chi connectivity index (χ2n) is 4.00. The first-order valence-corrected chi connectivity index (χ1v) is 5.23. The van der Waals surface area contributed by atoms with Crippen LogP contribution >= 0.6 is 0 Å². The van der Waals surface area contributed by atoms with Crippen molar-refractivity contribution in [3.8, 4) is 0 Å². The number of hydrogen-bond acceptors (Lipinski definition) is 3. The van der Waals surface area contributed by atoms with Crippen LogP contribution in [0.3, 0.4) is 0 Å². The highest BCUT2D eigenvalue weighted by Gasteiger charge is 1.99. The number of aryl methyl sites for hydroxylation is 2. The summed E-state index contributed by atoms with van der Waals surface area (Å²) in [6, 6.07) is 0. The molecular formula is C10H20N4. The Kier molecular flexibility index (Phi) is 4.59. The highest BCUT2D eigenvalue weighted by molar-refractivity contribution is 4.83. The molecule has 0 radical (unpaired) electrons. The molecule has 0 aliphatic carbocycles. The van der Waals surface area contributed by atoms with E-state index in [1.165, 1.54) is 0 Å². The summed E-state index contributed by atoms with van der Waals surface area (Å²) in [4.78, 5) is 4.17. The van der Waals surface area contributed by atoms with Gasteiger partial charge in [0.1, 0.15) is 12.2 Å². The summed E-state index contributed by atoms with van der Waals surface area (Å²) in [7, 11) is 1.93. The van der Waals surface area contributed by atoms with E-state index < -0.39 is 0 Å². The number of hydrogen-bond donors (Lipinski definition) is 1. The summed E-state index contributed by atoms with van der Waals surface area (Å²) < 4.78 is 1.84. The third kappa shape index (κ3) is 3.87. The van der Waals surface area contributed by atoms with Crippen LogP contribution in [0, 0.1) is 5.92 Å². The molecule has 14 heavy (non-hydrogen) atoms. The predicted octanol–water partition coefficient (Wildman–Crippen LogP) is 0.993. The van der Waals surface area contributed by atoms with Crippen LogP contribution in [0.5, 0.6) is 0 Å². The van der Waals surface area contributed by atoms with Crippen LogP contribution in [-0.2, 0) is 13.5 Å². The van der Waals surface area contributed by atoms with Crippen molar-refractivity contribution in [3.05, 3.63) is 12.2 Å². The number of rotatable bonds is 6. The maximum atomic E-state index is 4.17. The molecule has 1 heterocycles. The summed E-state index contributed by atoms with van der Waals surface area (Å²) in [5.41, 5.74) is 0. The smallest absolute Gasteiger partial charge is 0.138 e. The Balaban J connectivity index is 2.08. The molecule has 80 valence electrons. The molecule has 1 aromatic heterocycles. The zero-order valence-corrected chi connectivity index (χ0v) is 9.32. The normalized spacial score (nSPS) is 11.1. The van der Waals surface area contributed by atoms with Gasteiger partial charge in [0.05, 0.1) is 0 Å². The van der Waals surface area contributed by atoms with E-state index in [1.54, 1.807) is 6.33 Å². The van der Waals surface area contributed by atoms with Crippen LogP contribution < -0.4 is 5.32 Å². The van der Waals surface area contributed by atoms with Gasteiger partial charge in [0.25, 0.3) is 0 Å². The van der Waals surface area contributed by atoms with Gasteiger partial charge in [0.2, 0.25) is 0 Å². The van der Waals surface area contributed by atoms with Crippen molar-refractivity contribution >= 4 is 0 Å². The molecule has 4 nitrogen and oxygen atoms in total. The molecule has 0 aliphatic heterocycles. The molecule has 0 unspecified atom stereocenters. The van der Waals surface area contributed by atoms with Crippen LogP contribution in [0.4, 0.5) is 0 Å². The van der Waals surface area contributed by atoms with Crippen molar-refractivity contribution in [2.45, 2.75) is 26.7 Å². The summed E-state index contributed by atoms with van der Waals surface area (Å²) in [6.45, 7) is 6.59. The number of nitrogens with zero attached hydrogens (tertiary/aromatic N) is 3. The van der Waals surface area contributed by atoms with Crippen LogP contribution in [0.1, 0.15) is 26.1 Å². The van der Waals surface area contributed by atoms with E-state index in [2.05, 4.69) is 29.2 Å². The minimum atomic E-state index is 0.727. The van der Waals surface area contributed by atoms with Gasteiger partial charge in [0.15, 0.2) is 0 Å².